The molecule has 0 aliphatic carbocycles. The molecule has 0 unspecified atom stereocenters. The van der Waals surface area contributed by atoms with Gasteiger partial charge < -0.3 is 19.9 Å². The Labute approximate surface area is 214 Å². The maximum atomic E-state index is 10.1. The highest BCUT2D eigenvalue weighted by atomic mass is 16.5. The van der Waals surface area contributed by atoms with Gasteiger partial charge in [-0.05, 0) is 34.5 Å². The van der Waals surface area contributed by atoms with Crippen molar-refractivity contribution in [1.82, 2.24) is 15.1 Å². The van der Waals surface area contributed by atoms with E-state index in [1.807, 2.05) is 24.3 Å². The smallest absolute Gasteiger partial charge is 0.244 e. The van der Waals surface area contributed by atoms with Crippen LogP contribution in [0.1, 0.15) is 22.6 Å². The summed E-state index contributed by atoms with van der Waals surface area (Å²) >= 11 is 0. The molecule has 3 heterocycles. The molecule has 2 aliphatic rings. The largest absolute Gasteiger partial charge is 0.496 e. The lowest BCUT2D eigenvalue weighted by Crippen LogP contribution is -2.35. The van der Waals surface area contributed by atoms with Crippen molar-refractivity contribution < 1.29 is 14.2 Å². The van der Waals surface area contributed by atoms with Crippen LogP contribution in [0.2, 0.25) is 0 Å². The second-order valence-corrected chi connectivity index (χ2v) is 9.26. The summed E-state index contributed by atoms with van der Waals surface area (Å²) < 4.78 is 17.0. The van der Waals surface area contributed by atoms with Crippen molar-refractivity contribution in [1.29, 1.82) is 5.26 Å². The molecule has 0 amide bonds. The lowest BCUT2D eigenvalue weighted by molar-refractivity contribution is 0.0339. The van der Waals surface area contributed by atoms with Crippen molar-refractivity contribution in [2.45, 2.75) is 12.5 Å². The van der Waals surface area contributed by atoms with Crippen molar-refractivity contribution in [3.63, 3.8) is 0 Å². The van der Waals surface area contributed by atoms with Crippen LogP contribution in [0.5, 0.6) is 11.6 Å². The fraction of sp³-hybridized carbons (Fsp3) is 0.241. The molecule has 186 valence electrons. The summed E-state index contributed by atoms with van der Waals surface area (Å²) in [4.78, 5) is 2.34. The van der Waals surface area contributed by atoms with Gasteiger partial charge in [0, 0.05) is 30.8 Å². The average Bonchev–Trinajstić information content (AvgIpc) is 3.36. The fourth-order valence-electron chi connectivity index (χ4n) is 5.25. The summed E-state index contributed by atoms with van der Waals surface area (Å²) in [5.74, 6) is 0.820. The van der Waals surface area contributed by atoms with Crippen LogP contribution >= 0.6 is 0 Å². The number of morpholine rings is 1. The van der Waals surface area contributed by atoms with Crippen LogP contribution < -0.4 is 15.2 Å². The number of aromatic amines is 1. The zero-order valence-corrected chi connectivity index (χ0v) is 20.5. The molecule has 0 spiro atoms. The average molecular weight is 494 g/mol. The summed E-state index contributed by atoms with van der Waals surface area (Å²) in [5.41, 5.74) is 11.1. The molecule has 1 aromatic heterocycles. The zero-order chi connectivity index (χ0) is 25.4. The van der Waals surface area contributed by atoms with E-state index in [1.54, 1.807) is 7.11 Å². The fourth-order valence-corrected chi connectivity index (χ4v) is 5.25. The minimum Gasteiger partial charge on any atom is -0.496 e. The topological polar surface area (TPSA) is 109 Å². The number of hydrogen-bond donors (Lipinski definition) is 2. The maximum absolute atomic E-state index is 10.1. The number of nitrogens with zero attached hydrogens (tertiary/aromatic N) is 3. The third-order valence-electron chi connectivity index (χ3n) is 7.11. The number of nitrogens with two attached hydrogens (primary N) is 1. The molecule has 37 heavy (non-hydrogen) atoms. The van der Waals surface area contributed by atoms with Crippen LogP contribution in [0, 0.1) is 11.3 Å². The molecule has 0 saturated carbocycles. The predicted octanol–water partition coefficient (Wildman–Crippen LogP) is 4.29. The first-order chi connectivity index (χ1) is 18.2. The van der Waals surface area contributed by atoms with Gasteiger partial charge in [-0.25, -0.2) is 0 Å². The molecule has 6 rings (SSSR count). The molecule has 1 atom stereocenters. The van der Waals surface area contributed by atoms with Crippen molar-refractivity contribution in [3.05, 3.63) is 88.8 Å². The minimum atomic E-state index is -0.441. The standard InChI is InChI=1S/C29H27N5O3/c1-35-24-9-8-20(15-22(24)17-34-10-12-36-13-11-34)25-23(16-30)28(31)37-29-26(25)27(32-33-29)21-7-6-18-4-2-3-5-19(18)14-21/h2-9,14-15,25H,10-13,17,31H2,1H3,(H,32,33)/t25-/m1/s1. The van der Waals surface area contributed by atoms with Gasteiger partial charge in [0.15, 0.2) is 0 Å². The molecular formula is C29H27N5O3. The quantitative estimate of drug-likeness (QED) is 0.427. The number of methoxy groups -OCH3 is 1. The molecule has 0 radical (unpaired) electrons. The summed E-state index contributed by atoms with van der Waals surface area (Å²) in [6.45, 7) is 3.87. The van der Waals surface area contributed by atoms with E-state index in [2.05, 4.69) is 57.6 Å². The highest BCUT2D eigenvalue weighted by molar-refractivity contribution is 5.87. The summed E-state index contributed by atoms with van der Waals surface area (Å²) in [7, 11) is 1.68. The molecule has 3 N–H and O–H groups in total. The SMILES string of the molecule is COc1ccc([C@@H]2C(C#N)=C(N)Oc3n[nH]c(-c4ccc5ccccc5c4)c32)cc1CN1CCOCC1. The number of rotatable bonds is 5. The third-order valence-corrected chi connectivity index (χ3v) is 7.11. The molecule has 3 aromatic carbocycles. The molecule has 8 nitrogen and oxygen atoms in total. The molecule has 1 saturated heterocycles. The van der Waals surface area contributed by atoms with Gasteiger partial charge in [0.25, 0.3) is 0 Å². The second kappa shape index (κ2) is 9.62. The Kier molecular flexibility index (Phi) is 6.01. The monoisotopic (exact) mass is 493 g/mol. The number of benzene rings is 3. The lowest BCUT2D eigenvalue weighted by atomic mass is 9.82. The van der Waals surface area contributed by atoms with Crippen LogP contribution in [0.25, 0.3) is 22.0 Å². The number of nitrogens with one attached hydrogen (secondary N) is 1. The van der Waals surface area contributed by atoms with Crippen molar-refractivity contribution in [3.8, 4) is 29.0 Å². The van der Waals surface area contributed by atoms with Gasteiger partial charge in [-0.3, -0.25) is 10.00 Å². The minimum absolute atomic E-state index is 0.0714. The molecule has 2 aliphatic heterocycles. The van der Waals surface area contributed by atoms with E-state index in [-0.39, 0.29) is 5.88 Å². The van der Waals surface area contributed by atoms with Crippen molar-refractivity contribution >= 4 is 10.8 Å². The number of nitriles is 1. The van der Waals surface area contributed by atoms with Gasteiger partial charge in [-0.1, -0.05) is 42.5 Å². The Morgan fingerprint density at radius 1 is 1.11 bits per heavy atom. The number of hydrogen-bond acceptors (Lipinski definition) is 7. The number of fused-ring (bicyclic) bond motifs is 2. The van der Waals surface area contributed by atoms with E-state index in [4.69, 9.17) is 19.9 Å². The lowest BCUT2D eigenvalue weighted by Gasteiger charge is -2.28. The molecule has 4 aromatic rings. The number of allylic oxidation sites excluding steroid dienone is 1. The first-order valence-electron chi connectivity index (χ1n) is 12.3. The Morgan fingerprint density at radius 3 is 2.70 bits per heavy atom. The number of H-pyrrole nitrogens is 1. The number of ether oxygens (including phenoxy) is 3. The van der Waals surface area contributed by atoms with Gasteiger partial charge in [-0.15, -0.1) is 5.10 Å². The Bertz CT molecular complexity index is 1540. The van der Waals surface area contributed by atoms with E-state index < -0.39 is 5.92 Å². The normalized spacial score (nSPS) is 17.8. The number of aromatic nitrogens is 2. The van der Waals surface area contributed by atoms with Gasteiger partial charge in [0.05, 0.1) is 37.5 Å². The predicted molar refractivity (Wildman–Crippen MR) is 140 cm³/mol. The zero-order valence-electron chi connectivity index (χ0n) is 20.5. The highest BCUT2D eigenvalue weighted by Crippen LogP contribution is 2.46. The van der Waals surface area contributed by atoms with Gasteiger partial charge in [-0.2, -0.15) is 5.26 Å². The summed E-state index contributed by atoms with van der Waals surface area (Å²) in [6.07, 6.45) is 0. The highest BCUT2D eigenvalue weighted by Gasteiger charge is 2.36. The van der Waals surface area contributed by atoms with E-state index in [9.17, 15) is 5.26 Å². The van der Waals surface area contributed by atoms with Crippen LogP contribution in [-0.2, 0) is 11.3 Å². The summed E-state index contributed by atoms with van der Waals surface area (Å²) in [6, 6.07) is 22.8. The maximum Gasteiger partial charge on any atom is 0.244 e. The second-order valence-electron chi connectivity index (χ2n) is 9.26. The van der Waals surface area contributed by atoms with Crippen LogP contribution in [-0.4, -0.2) is 48.5 Å². The van der Waals surface area contributed by atoms with E-state index in [0.717, 1.165) is 64.1 Å². The van der Waals surface area contributed by atoms with Gasteiger partial charge >= 0.3 is 0 Å². The molecular weight excluding hydrogens is 466 g/mol. The van der Waals surface area contributed by atoms with Crippen molar-refractivity contribution in [2.24, 2.45) is 5.73 Å². The molecule has 1 fully saturated rings. The Hall–Kier alpha value is -4.32. The van der Waals surface area contributed by atoms with Gasteiger partial charge in [0.2, 0.25) is 11.8 Å². The van der Waals surface area contributed by atoms with Crippen LogP contribution in [0.4, 0.5) is 0 Å². The van der Waals surface area contributed by atoms with E-state index >= 15 is 0 Å². The van der Waals surface area contributed by atoms with Crippen LogP contribution in [0.15, 0.2) is 72.1 Å². The first-order valence-corrected chi connectivity index (χ1v) is 12.3. The Morgan fingerprint density at radius 2 is 1.92 bits per heavy atom. The van der Waals surface area contributed by atoms with Crippen LogP contribution in [0.3, 0.4) is 0 Å². The molecule has 8 heteroatoms. The Balaban J connectivity index is 1.47. The third kappa shape index (κ3) is 4.18. The van der Waals surface area contributed by atoms with E-state index in [1.165, 1.54) is 0 Å². The molecule has 0 bridgehead atoms. The van der Waals surface area contributed by atoms with Gasteiger partial charge in [0.1, 0.15) is 17.4 Å². The summed E-state index contributed by atoms with van der Waals surface area (Å²) in [5, 5.41) is 20.0. The van der Waals surface area contributed by atoms with Crippen molar-refractivity contribution in [2.75, 3.05) is 33.4 Å². The van der Waals surface area contributed by atoms with E-state index in [0.29, 0.717) is 24.7 Å². The first kappa shape index (κ1) is 23.1.